The average Bonchev–Trinajstić information content (AvgIpc) is 3.12. The number of aliphatic hydroxyl groups is 1. The lowest BCUT2D eigenvalue weighted by atomic mass is 9.95. The van der Waals surface area contributed by atoms with Crippen LogP contribution in [0.4, 0.5) is 11.4 Å². The summed E-state index contributed by atoms with van der Waals surface area (Å²) >= 11 is 18.4. The molecule has 0 radical (unpaired) electrons. The molecule has 3 aromatic carbocycles. The smallest absolute Gasteiger partial charge is 0.300 e. The Morgan fingerprint density at radius 1 is 0.914 bits per heavy atom. The average molecular weight is 530 g/mol. The summed E-state index contributed by atoms with van der Waals surface area (Å²) in [6, 6.07) is 18.0. The molecule has 0 spiro atoms. The minimum Gasteiger partial charge on any atom is -0.507 e. The van der Waals surface area contributed by atoms with Gasteiger partial charge in [0.1, 0.15) is 5.76 Å². The van der Waals surface area contributed by atoms with Gasteiger partial charge in [0.2, 0.25) is 0 Å². The third-order valence-electron chi connectivity index (χ3n) is 6.06. The van der Waals surface area contributed by atoms with E-state index in [4.69, 9.17) is 34.8 Å². The first-order valence-electron chi connectivity index (χ1n) is 11.1. The van der Waals surface area contributed by atoms with Crippen LogP contribution in [0.1, 0.15) is 31.0 Å². The molecular formula is C27H23Cl3N2O3. The van der Waals surface area contributed by atoms with Crippen molar-refractivity contribution in [3.8, 4) is 0 Å². The molecule has 0 aromatic heterocycles. The van der Waals surface area contributed by atoms with Crippen molar-refractivity contribution in [3.63, 3.8) is 0 Å². The van der Waals surface area contributed by atoms with Gasteiger partial charge in [-0.25, -0.2) is 0 Å². The molecule has 3 aromatic rings. The Bertz CT molecular complexity index is 1320. The lowest BCUT2D eigenvalue weighted by Gasteiger charge is -2.27. The minimum atomic E-state index is -0.867. The molecule has 35 heavy (non-hydrogen) atoms. The molecule has 0 aliphatic carbocycles. The normalized spacial score (nSPS) is 17.2. The second kappa shape index (κ2) is 10.3. The fraction of sp³-hybridized carbons (Fsp3) is 0.185. The zero-order valence-corrected chi connectivity index (χ0v) is 21.4. The van der Waals surface area contributed by atoms with Gasteiger partial charge in [-0.3, -0.25) is 14.5 Å². The van der Waals surface area contributed by atoms with E-state index in [2.05, 4.69) is 18.7 Å². The predicted octanol–water partition coefficient (Wildman–Crippen LogP) is 7.12. The minimum absolute atomic E-state index is 0.0380. The Labute approximate surface area is 219 Å². The van der Waals surface area contributed by atoms with Gasteiger partial charge in [0.25, 0.3) is 11.7 Å². The molecule has 1 amide bonds. The van der Waals surface area contributed by atoms with Crippen LogP contribution >= 0.6 is 34.8 Å². The molecule has 1 unspecified atom stereocenters. The number of halogens is 3. The second-order valence-electron chi connectivity index (χ2n) is 8.04. The van der Waals surface area contributed by atoms with Crippen molar-refractivity contribution in [2.75, 3.05) is 22.9 Å². The fourth-order valence-corrected chi connectivity index (χ4v) is 4.78. The van der Waals surface area contributed by atoms with E-state index in [9.17, 15) is 14.7 Å². The molecule has 8 heteroatoms. The maximum absolute atomic E-state index is 13.3. The van der Waals surface area contributed by atoms with E-state index < -0.39 is 17.7 Å². The number of ketones is 1. The van der Waals surface area contributed by atoms with E-state index in [-0.39, 0.29) is 21.9 Å². The van der Waals surface area contributed by atoms with Crippen molar-refractivity contribution >= 4 is 63.6 Å². The van der Waals surface area contributed by atoms with Crippen LogP contribution in [-0.2, 0) is 9.59 Å². The quantitative estimate of drug-likeness (QED) is 0.210. The number of nitrogens with zero attached hydrogens (tertiary/aromatic N) is 2. The predicted molar refractivity (Wildman–Crippen MR) is 143 cm³/mol. The zero-order valence-electron chi connectivity index (χ0n) is 19.1. The van der Waals surface area contributed by atoms with Gasteiger partial charge in [0.15, 0.2) is 0 Å². The molecule has 5 nitrogen and oxygen atoms in total. The van der Waals surface area contributed by atoms with Gasteiger partial charge < -0.3 is 10.0 Å². The van der Waals surface area contributed by atoms with Gasteiger partial charge in [0, 0.05) is 35.1 Å². The van der Waals surface area contributed by atoms with Crippen molar-refractivity contribution in [2.45, 2.75) is 19.9 Å². The van der Waals surface area contributed by atoms with Crippen LogP contribution in [-0.4, -0.2) is 29.9 Å². The summed E-state index contributed by atoms with van der Waals surface area (Å²) in [6.45, 7) is 5.83. The van der Waals surface area contributed by atoms with Crippen LogP contribution in [0, 0.1) is 0 Å². The summed E-state index contributed by atoms with van der Waals surface area (Å²) in [5.74, 6) is -1.89. The zero-order chi connectivity index (χ0) is 25.3. The van der Waals surface area contributed by atoms with Crippen molar-refractivity contribution in [2.24, 2.45) is 0 Å². The molecule has 0 bridgehead atoms. The number of benzene rings is 3. The second-order valence-corrected chi connectivity index (χ2v) is 9.29. The Hall–Kier alpha value is -2.99. The summed E-state index contributed by atoms with van der Waals surface area (Å²) in [4.78, 5) is 30.1. The Balaban J connectivity index is 1.91. The number of rotatable bonds is 6. The number of hydrogen-bond acceptors (Lipinski definition) is 4. The summed E-state index contributed by atoms with van der Waals surface area (Å²) < 4.78 is 0. The summed E-state index contributed by atoms with van der Waals surface area (Å²) in [5, 5.41) is 12.2. The van der Waals surface area contributed by atoms with Crippen LogP contribution in [0.3, 0.4) is 0 Å². The van der Waals surface area contributed by atoms with E-state index in [1.54, 1.807) is 30.3 Å². The van der Waals surface area contributed by atoms with Crippen molar-refractivity contribution < 1.29 is 14.7 Å². The fourth-order valence-electron chi connectivity index (χ4n) is 4.30. The molecule has 1 fully saturated rings. The molecule has 4 rings (SSSR count). The standard InChI is InChI=1S/C27H23Cl3N2O3/c1-3-31(4-2)19-11-8-16(9-12-19)24-23(25(33)17-10-13-21(29)22(30)14-17)26(34)27(35)32(24)20-7-5-6-18(28)15-20/h5-15,24,33H,3-4H2,1-2H3/b25-23+. The summed E-state index contributed by atoms with van der Waals surface area (Å²) in [6.07, 6.45) is 0. The number of hydrogen-bond donors (Lipinski definition) is 1. The number of carbonyl (C=O) groups is 2. The van der Waals surface area contributed by atoms with Crippen LogP contribution in [0.25, 0.3) is 5.76 Å². The largest absolute Gasteiger partial charge is 0.507 e. The first kappa shape index (κ1) is 25.1. The van der Waals surface area contributed by atoms with Crippen LogP contribution in [0.5, 0.6) is 0 Å². The number of carbonyl (C=O) groups excluding carboxylic acids is 2. The van der Waals surface area contributed by atoms with E-state index >= 15 is 0 Å². The third-order valence-corrected chi connectivity index (χ3v) is 7.04. The molecule has 1 heterocycles. The first-order valence-corrected chi connectivity index (χ1v) is 12.3. The molecule has 1 aliphatic rings. The molecule has 0 saturated carbocycles. The van der Waals surface area contributed by atoms with Crippen molar-refractivity contribution in [1.82, 2.24) is 0 Å². The van der Waals surface area contributed by atoms with Crippen molar-refractivity contribution in [1.29, 1.82) is 0 Å². The molecule has 1 saturated heterocycles. The van der Waals surface area contributed by atoms with Crippen LogP contribution in [0.15, 0.2) is 72.3 Å². The lowest BCUT2D eigenvalue weighted by molar-refractivity contribution is -0.132. The summed E-state index contributed by atoms with van der Waals surface area (Å²) in [5.41, 5.74) is 2.38. The van der Waals surface area contributed by atoms with Gasteiger partial charge in [-0.15, -0.1) is 0 Å². The Morgan fingerprint density at radius 2 is 1.60 bits per heavy atom. The van der Waals surface area contributed by atoms with Gasteiger partial charge in [0.05, 0.1) is 21.7 Å². The highest BCUT2D eigenvalue weighted by Gasteiger charge is 2.47. The van der Waals surface area contributed by atoms with Gasteiger partial charge in [-0.1, -0.05) is 53.0 Å². The van der Waals surface area contributed by atoms with Gasteiger partial charge in [-0.05, 0) is 67.9 Å². The maximum atomic E-state index is 13.3. The van der Waals surface area contributed by atoms with Crippen LogP contribution < -0.4 is 9.80 Å². The van der Waals surface area contributed by atoms with E-state index in [0.717, 1.165) is 18.8 Å². The highest BCUT2D eigenvalue weighted by Crippen LogP contribution is 2.43. The SMILES string of the molecule is CCN(CC)c1ccc(C2/C(=C(\O)c3ccc(Cl)c(Cl)c3)C(=O)C(=O)N2c2cccc(Cl)c2)cc1. The third kappa shape index (κ3) is 4.76. The van der Waals surface area contributed by atoms with Crippen LogP contribution in [0.2, 0.25) is 15.1 Å². The van der Waals surface area contributed by atoms with Gasteiger partial charge in [-0.2, -0.15) is 0 Å². The molecule has 1 aliphatic heterocycles. The monoisotopic (exact) mass is 528 g/mol. The van der Waals surface area contributed by atoms with E-state index in [0.29, 0.717) is 21.3 Å². The highest BCUT2D eigenvalue weighted by atomic mass is 35.5. The lowest BCUT2D eigenvalue weighted by Crippen LogP contribution is -2.29. The van der Waals surface area contributed by atoms with Gasteiger partial charge >= 0.3 is 0 Å². The Kier molecular flexibility index (Phi) is 7.41. The number of Topliss-reactive ketones (excluding diaryl/α,β-unsaturated/α-hetero) is 1. The van der Waals surface area contributed by atoms with E-state index in [1.165, 1.54) is 17.0 Å². The Morgan fingerprint density at radius 3 is 2.20 bits per heavy atom. The molecule has 1 N–H and O–H groups in total. The number of aliphatic hydroxyl groups excluding tert-OH is 1. The number of anilines is 2. The van der Waals surface area contributed by atoms with Crippen molar-refractivity contribution in [3.05, 3.63) is 98.5 Å². The summed E-state index contributed by atoms with van der Waals surface area (Å²) in [7, 11) is 0. The first-order chi connectivity index (χ1) is 16.8. The topological polar surface area (TPSA) is 60.9 Å². The molecule has 1 atom stereocenters. The molecular weight excluding hydrogens is 507 g/mol. The van der Waals surface area contributed by atoms with E-state index in [1.807, 2.05) is 24.3 Å². The number of amides is 1. The highest BCUT2D eigenvalue weighted by molar-refractivity contribution is 6.52. The molecule has 180 valence electrons. The maximum Gasteiger partial charge on any atom is 0.300 e.